The van der Waals surface area contributed by atoms with Crippen LogP contribution in [0.4, 0.5) is 34.1 Å². The Balaban J connectivity index is 1.15. The lowest BCUT2D eigenvalue weighted by Crippen LogP contribution is -2.61. The summed E-state index contributed by atoms with van der Waals surface area (Å²) in [7, 11) is 0. The van der Waals surface area contributed by atoms with Crippen LogP contribution in [0, 0.1) is 0 Å². The van der Waals surface area contributed by atoms with Gasteiger partial charge >= 0.3 is 0 Å². The summed E-state index contributed by atoms with van der Waals surface area (Å²) in [5.74, 6) is 3.44. The molecule has 0 aliphatic carbocycles. The maximum absolute atomic E-state index is 6.77. The van der Waals surface area contributed by atoms with Crippen LogP contribution in [0.5, 0.6) is 23.0 Å². The highest BCUT2D eigenvalue weighted by atomic mass is 16.5. The fourth-order valence-corrected chi connectivity index (χ4v) is 9.34. The van der Waals surface area contributed by atoms with E-state index < -0.39 is 0 Å². The van der Waals surface area contributed by atoms with Gasteiger partial charge in [0.15, 0.2) is 0 Å². The van der Waals surface area contributed by atoms with Crippen LogP contribution in [0.25, 0.3) is 11.1 Å². The predicted molar refractivity (Wildman–Crippen MR) is 224 cm³/mol. The summed E-state index contributed by atoms with van der Waals surface area (Å²) < 4.78 is 13.5. The number of hydrogen-bond acceptors (Lipinski definition) is 4. The third kappa shape index (κ3) is 4.16. The molecule has 0 bridgehead atoms. The molecule has 8 aromatic rings. The second-order valence-corrected chi connectivity index (χ2v) is 14.4. The minimum Gasteiger partial charge on any atom is -0.458 e. The van der Waals surface area contributed by atoms with Crippen LogP contribution in [-0.2, 0) is 0 Å². The van der Waals surface area contributed by atoms with Gasteiger partial charge in [-0.2, -0.15) is 0 Å². The molecule has 54 heavy (non-hydrogen) atoms. The van der Waals surface area contributed by atoms with E-state index in [1.807, 2.05) is 0 Å². The SMILES string of the molecule is c1ccc(N2c3ccccc3B3c4ccccc4N(c4ccccc4)c4cc(-c5cc6c7c(c5)Oc5ccccc5B7c5ccccc5O6)cc2c43)cc1. The first kappa shape index (κ1) is 29.6. The van der Waals surface area contributed by atoms with E-state index >= 15 is 0 Å². The second kappa shape index (κ2) is 11.3. The molecule has 0 spiro atoms. The minimum absolute atomic E-state index is 0.0274. The van der Waals surface area contributed by atoms with Gasteiger partial charge in [0.2, 0.25) is 0 Å². The van der Waals surface area contributed by atoms with Crippen LogP contribution in [0.2, 0.25) is 0 Å². The van der Waals surface area contributed by atoms with E-state index in [9.17, 15) is 0 Å². The summed E-state index contributed by atoms with van der Waals surface area (Å²) in [4.78, 5) is 4.90. The summed E-state index contributed by atoms with van der Waals surface area (Å²) >= 11 is 0. The van der Waals surface area contributed by atoms with Crippen molar-refractivity contribution in [1.29, 1.82) is 0 Å². The minimum atomic E-state index is 0.0274. The van der Waals surface area contributed by atoms with Crippen molar-refractivity contribution in [3.8, 4) is 34.1 Å². The molecule has 0 saturated heterocycles. The van der Waals surface area contributed by atoms with Crippen LogP contribution in [0.15, 0.2) is 182 Å². The first-order valence-corrected chi connectivity index (χ1v) is 18.6. The van der Waals surface area contributed by atoms with Gasteiger partial charge in [-0.05, 0) is 111 Å². The number of nitrogens with zero attached hydrogens (tertiary/aromatic N) is 2. The molecule has 4 heterocycles. The fraction of sp³-hybridized carbons (Fsp3) is 0. The van der Waals surface area contributed by atoms with E-state index in [0.717, 1.165) is 73.3 Å². The highest BCUT2D eigenvalue weighted by molar-refractivity contribution is 7.00. The molecule has 6 heteroatoms. The summed E-state index contributed by atoms with van der Waals surface area (Å²) in [5.41, 5.74) is 16.4. The average molecular weight is 688 g/mol. The Bertz CT molecular complexity index is 2640. The van der Waals surface area contributed by atoms with Crippen LogP contribution in [0.3, 0.4) is 0 Å². The van der Waals surface area contributed by atoms with Gasteiger partial charge in [-0.15, -0.1) is 0 Å². The zero-order valence-corrected chi connectivity index (χ0v) is 29.2. The van der Waals surface area contributed by atoms with E-state index in [1.165, 1.54) is 27.8 Å². The molecule has 0 amide bonds. The van der Waals surface area contributed by atoms with Crippen molar-refractivity contribution in [2.24, 2.45) is 0 Å². The molecule has 0 saturated carbocycles. The number of rotatable bonds is 3. The molecule has 0 atom stereocenters. The van der Waals surface area contributed by atoms with E-state index in [1.54, 1.807) is 0 Å². The van der Waals surface area contributed by atoms with Gasteiger partial charge in [0.25, 0.3) is 13.4 Å². The Hall–Kier alpha value is -6.91. The third-order valence-corrected chi connectivity index (χ3v) is 11.5. The predicted octanol–water partition coefficient (Wildman–Crippen LogP) is 8.16. The topological polar surface area (TPSA) is 24.9 Å². The third-order valence-electron chi connectivity index (χ3n) is 11.5. The van der Waals surface area contributed by atoms with Crippen molar-refractivity contribution >= 4 is 80.3 Å². The van der Waals surface area contributed by atoms with Gasteiger partial charge in [0, 0.05) is 39.6 Å². The zero-order valence-electron chi connectivity index (χ0n) is 29.2. The quantitative estimate of drug-likeness (QED) is 0.175. The second-order valence-electron chi connectivity index (χ2n) is 14.4. The molecular weight excluding hydrogens is 658 g/mol. The summed E-state index contributed by atoms with van der Waals surface area (Å²) in [6.07, 6.45) is 0. The molecule has 4 nitrogen and oxygen atoms in total. The Morgan fingerprint density at radius 3 is 1.20 bits per heavy atom. The maximum atomic E-state index is 6.77. The first-order valence-electron chi connectivity index (χ1n) is 18.6. The standard InChI is InChI=1S/C48H30B2N2O2/c1-3-15-33(16-4-1)51-39-23-11-7-19-35(39)49-36-20-8-12-24-40(36)52(34-17-5-2-6-18-34)42-28-31(27-41(51)47(42)49)32-29-45-48-46(30-32)54-44-26-14-10-22-38(44)50(48)37-21-9-13-25-43(37)53-45/h1-30H. The van der Waals surface area contributed by atoms with Crippen LogP contribution < -0.4 is 52.1 Å². The van der Waals surface area contributed by atoms with E-state index in [0.29, 0.717) is 0 Å². The number of anilines is 6. The van der Waals surface area contributed by atoms with E-state index in [2.05, 4.69) is 192 Å². The Morgan fingerprint density at radius 1 is 0.315 bits per heavy atom. The van der Waals surface area contributed by atoms with Gasteiger partial charge < -0.3 is 19.3 Å². The zero-order chi connectivity index (χ0) is 35.3. The number of para-hydroxylation sites is 6. The largest absolute Gasteiger partial charge is 0.458 e. The molecule has 0 aromatic heterocycles. The number of benzene rings is 8. The van der Waals surface area contributed by atoms with E-state index in [-0.39, 0.29) is 13.4 Å². The smallest absolute Gasteiger partial charge is 0.260 e. The fourth-order valence-electron chi connectivity index (χ4n) is 9.34. The molecule has 0 fully saturated rings. The van der Waals surface area contributed by atoms with Gasteiger partial charge in [0.1, 0.15) is 23.0 Å². The molecule has 4 aliphatic heterocycles. The molecule has 0 unspecified atom stereocenters. The van der Waals surface area contributed by atoms with Crippen molar-refractivity contribution in [3.63, 3.8) is 0 Å². The van der Waals surface area contributed by atoms with Crippen molar-refractivity contribution in [2.45, 2.75) is 0 Å². The molecule has 4 aliphatic rings. The van der Waals surface area contributed by atoms with Crippen LogP contribution in [-0.4, -0.2) is 13.4 Å². The molecule has 250 valence electrons. The number of fused-ring (bicyclic) bond motifs is 8. The maximum Gasteiger partial charge on any atom is 0.260 e. The average Bonchev–Trinajstić information content (AvgIpc) is 3.23. The molecule has 12 rings (SSSR count). The van der Waals surface area contributed by atoms with Gasteiger partial charge in [-0.3, -0.25) is 0 Å². The molecule has 0 radical (unpaired) electrons. The van der Waals surface area contributed by atoms with Gasteiger partial charge in [0.05, 0.1) is 0 Å². The monoisotopic (exact) mass is 688 g/mol. The van der Waals surface area contributed by atoms with Crippen molar-refractivity contribution in [2.75, 3.05) is 9.80 Å². The molecular formula is C48H30B2N2O2. The summed E-state index contributed by atoms with van der Waals surface area (Å²) in [5, 5.41) is 0. The summed E-state index contributed by atoms with van der Waals surface area (Å²) in [6.45, 7) is 0.0843. The lowest BCUT2D eigenvalue weighted by Gasteiger charge is -2.44. The van der Waals surface area contributed by atoms with Gasteiger partial charge in [-0.25, -0.2) is 0 Å². The Morgan fingerprint density at radius 2 is 0.704 bits per heavy atom. The molecule has 8 aromatic carbocycles. The molecule has 0 N–H and O–H groups in total. The van der Waals surface area contributed by atoms with Crippen LogP contribution >= 0.6 is 0 Å². The highest BCUT2D eigenvalue weighted by Crippen LogP contribution is 2.47. The van der Waals surface area contributed by atoms with Crippen molar-refractivity contribution < 1.29 is 9.47 Å². The Labute approximate surface area is 314 Å². The highest BCUT2D eigenvalue weighted by Gasteiger charge is 2.44. The van der Waals surface area contributed by atoms with Crippen molar-refractivity contribution in [1.82, 2.24) is 0 Å². The van der Waals surface area contributed by atoms with Crippen LogP contribution in [0.1, 0.15) is 0 Å². The first-order chi connectivity index (χ1) is 26.8. The van der Waals surface area contributed by atoms with E-state index in [4.69, 9.17) is 9.47 Å². The van der Waals surface area contributed by atoms with Gasteiger partial charge in [-0.1, -0.05) is 109 Å². The van der Waals surface area contributed by atoms with Crippen molar-refractivity contribution in [3.05, 3.63) is 182 Å². The summed E-state index contributed by atoms with van der Waals surface area (Å²) in [6, 6.07) is 65.3. The lowest BCUT2D eigenvalue weighted by atomic mass is 9.33. The lowest BCUT2D eigenvalue weighted by molar-refractivity contribution is 0.465. The normalized spacial score (nSPS) is 13.7. The Kier molecular flexibility index (Phi) is 6.20. The number of hydrogen-bond donors (Lipinski definition) is 0. The number of ether oxygens (including phenoxy) is 2.